The monoisotopic (exact) mass is 1050 g/mol. The topological polar surface area (TPSA) is 32.8 Å². The summed E-state index contributed by atoms with van der Waals surface area (Å²) in [6.45, 7) is 0. The molecule has 0 saturated carbocycles. The lowest BCUT2D eigenvalue weighted by atomic mass is 10.1. The number of aromatic nitrogens is 6. The van der Waals surface area contributed by atoms with Gasteiger partial charge in [-0.25, -0.2) is 0 Å². The fourth-order valence-electron chi connectivity index (χ4n) is 14.4. The smallest absolute Gasteiger partial charge is 0.0548 e. The van der Waals surface area contributed by atoms with Crippen molar-refractivity contribution < 1.29 is 0 Å². The van der Waals surface area contributed by atoms with E-state index < -0.39 is 0 Å². The van der Waals surface area contributed by atoms with Crippen LogP contribution in [0.2, 0.25) is 0 Å². The second kappa shape index (κ2) is 16.6. The fraction of sp³-hybridized carbons (Fsp3) is 0.0400. The van der Waals surface area contributed by atoms with E-state index >= 15 is 0 Å². The van der Waals surface area contributed by atoms with Gasteiger partial charge in [0.25, 0.3) is 0 Å². The minimum atomic E-state index is 1.06. The van der Waals surface area contributed by atoms with Crippen molar-refractivity contribution in [3.63, 3.8) is 0 Å². The summed E-state index contributed by atoms with van der Waals surface area (Å²) in [6.07, 6.45) is 0. The summed E-state index contributed by atoms with van der Waals surface area (Å²) in [4.78, 5) is 2.40. The molecular weight excluding hydrogens is 999 g/mol. The molecule has 18 rings (SSSR count). The summed E-state index contributed by atoms with van der Waals surface area (Å²) >= 11 is 0. The second-order valence-electron chi connectivity index (χ2n) is 22.3. The molecule has 7 nitrogen and oxygen atoms in total. The Morgan fingerprint density at radius 3 is 0.671 bits per heavy atom. The highest BCUT2D eigenvalue weighted by molar-refractivity contribution is 6.21. The molecule has 0 aliphatic rings. The van der Waals surface area contributed by atoms with Crippen molar-refractivity contribution >= 4 is 148 Å². The Bertz CT molecular complexity index is 5150. The number of para-hydroxylation sites is 6. The summed E-state index contributed by atoms with van der Waals surface area (Å²) in [5, 5.41) is 15.0. The summed E-state index contributed by atoms with van der Waals surface area (Å²) in [7, 11) is 6.55. The van der Waals surface area contributed by atoms with Crippen molar-refractivity contribution in [3.8, 4) is 17.1 Å². The van der Waals surface area contributed by atoms with E-state index in [2.05, 4.69) is 308 Å². The predicted octanol–water partition coefficient (Wildman–Crippen LogP) is 19.4. The molecule has 12 aromatic carbocycles. The van der Waals surface area contributed by atoms with Crippen molar-refractivity contribution in [1.82, 2.24) is 27.4 Å². The number of aryl methyl sites for hydroxylation is 3. The van der Waals surface area contributed by atoms with Gasteiger partial charge in [-0.15, -0.1) is 0 Å². The largest absolute Gasteiger partial charge is 0.344 e. The van der Waals surface area contributed by atoms with Gasteiger partial charge >= 0.3 is 0 Å². The van der Waals surface area contributed by atoms with Crippen LogP contribution in [-0.2, 0) is 21.1 Å². The van der Waals surface area contributed by atoms with Crippen molar-refractivity contribution in [3.05, 3.63) is 255 Å². The van der Waals surface area contributed by atoms with Crippen molar-refractivity contribution in [2.24, 2.45) is 21.1 Å². The molecule has 7 heteroatoms. The van der Waals surface area contributed by atoms with E-state index in [1.54, 1.807) is 0 Å². The molecule has 18 aromatic rings. The molecule has 0 saturated heterocycles. The lowest BCUT2D eigenvalue weighted by Crippen LogP contribution is -2.10. The third kappa shape index (κ3) is 6.14. The van der Waals surface area contributed by atoms with Crippen LogP contribution in [0.5, 0.6) is 0 Å². The highest BCUT2D eigenvalue weighted by atomic mass is 15.1. The van der Waals surface area contributed by atoms with Crippen LogP contribution in [0.3, 0.4) is 0 Å². The van der Waals surface area contributed by atoms with E-state index in [1.807, 2.05) is 0 Å². The van der Waals surface area contributed by atoms with E-state index in [1.165, 1.54) is 131 Å². The van der Waals surface area contributed by atoms with Crippen LogP contribution in [0, 0.1) is 0 Å². The van der Waals surface area contributed by atoms with Gasteiger partial charge in [-0.2, -0.15) is 0 Å². The molecule has 0 unspecified atom stereocenters. The molecule has 0 fully saturated rings. The molecule has 386 valence electrons. The molecule has 0 N–H and O–H groups in total. The number of fused-ring (bicyclic) bond motifs is 18. The van der Waals surface area contributed by atoms with E-state index in [9.17, 15) is 0 Å². The van der Waals surface area contributed by atoms with Gasteiger partial charge in [-0.3, -0.25) is 0 Å². The van der Waals surface area contributed by atoms with Crippen LogP contribution < -0.4 is 4.90 Å². The Hall–Kier alpha value is -10.8. The molecular formula is C75H51N7. The molecule has 82 heavy (non-hydrogen) atoms. The molecule has 0 aliphatic carbocycles. The first-order valence-electron chi connectivity index (χ1n) is 28.3. The molecule has 0 amide bonds. The minimum Gasteiger partial charge on any atom is -0.344 e. The Kier molecular flexibility index (Phi) is 9.16. The zero-order valence-corrected chi connectivity index (χ0v) is 45.4. The summed E-state index contributed by atoms with van der Waals surface area (Å²) in [6, 6.07) is 94.6. The Morgan fingerprint density at radius 1 is 0.195 bits per heavy atom. The maximum atomic E-state index is 2.44. The molecule has 0 spiro atoms. The summed E-state index contributed by atoms with van der Waals surface area (Å²) in [5.74, 6) is 0. The summed E-state index contributed by atoms with van der Waals surface area (Å²) < 4.78 is 14.3. The van der Waals surface area contributed by atoms with Gasteiger partial charge < -0.3 is 32.3 Å². The average Bonchev–Trinajstić information content (AvgIpc) is 2.47. The van der Waals surface area contributed by atoms with Crippen molar-refractivity contribution in [1.29, 1.82) is 0 Å². The molecule has 6 heterocycles. The minimum absolute atomic E-state index is 1.06. The molecule has 0 bridgehead atoms. The summed E-state index contributed by atoms with van der Waals surface area (Å²) in [5.41, 5.74) is 21.1. The Morgan fingerprint density at radius 2 is 0.402 bits per heavy atom. The van der Waals surface area contributed by atoms with Crippen LogP contribution >= 0.6 is 0 Å². The maximum absolute atomic E-state index is 2.44. The van der Waals surface area contributed by atoms with E-state index in [-0.39, 0.29) is 0 Å². The van der Waals surface area contributed by atoms with Crippen molar-refractivity contribution in [2.45, 2.75) is 0 Å². The predicted molar refractivity (Wildman–Crippen MR) is 346 cm³/mol. The maximum Gasteiger partial charge on any atom is 0.0548 e. The number of hydrogen-bond donors (Lipinski definition) is 0. The number of benzene rings is 12. The zero-order chi connectivity index (χ0) is 54.1. The van der Waals surface area contributed by atoms with Crippen LogP contribution in [0.25, 0.3) is 148 Å². The van der Waals surface area contributed by atoms with E-state index in [4.69, 9.17) is 0 Å². The van der Waals surface area contributed by atoms with E-state index in [0.29, 0.717) is 0 Å². The number of anilines is 3. The second-order valence-corrected chi connectivity index (χ2v) is 22.3. The third-order valence-electron chi connectivity index (χ3n) is 18.2. The number of rotatable bonds is 6. The molecule has 0 atom stereocenters. The van der Waals surface area contributed by atoms with Gasteiger partial charge in [0.1, 0.15) is 0 Å². The average molecular weight is 1050 g/mol. The Balaban J connectivity index is 0.806. The zero-order valence-electron chi connectivity index (χ0n) is 45.4. The van der Waals surface area contributed by atoms with E-state index in [0.717, 1.165) is 34.1 Å². The van der Waals surface area contributed by atoms with Gasteiger partial charge in [0, 0.05) is 153 Å². The molecule has 0 aliphatic heterocycles. The fourth-order valence-corrected chi connectivity index (χ4v) is 14.4. The lowest BCUT2D eigenvalue weighted by Gasteiger charge is -2.26. The van der Waals surface area contributed by atoms with Crippen molar-refractivity contribution in [2.75, 3.05) is 4.90 Å². The highest BCUT2D eigenvalue weighted by Gasteiger charge is 2.22. The first-order valence-corrected chi connectivity index (χ1v) is 28.3. The molecule has 0 radical (unpaired) electrons. The van der Waals surface area contributed by atoms with Crippen LogP contribution in [0.1, 0.15) is 0 Å². The van der Waals surface area contributed by atoms with Crippen LogP contribution in [0.4, 0.5) is 17.1 Å². The highest BCUT2D eigenvalue weighted by Crippen LogP contribution is 2.44. The Labute approximate surface area is 470 Å². The van der Waals surface area contributed by atoms with Crippen LogP contribution in [0.15, 0.2) is 255 Å². The third-order valence-corrected chi connectivity index (χ3v) is 18.2. The first kappa shape index (κ1) is 45.1. The van der Waals surface area contributed by atoms with Gasteiger partial charge in [-0.1, -0.05) is 109 Å². The standard InChI is InChI=1S/C75H51N7/c1-76-64-22-10-4-16-52(64)58-43-73-61(40-70(58)76)55-19-7-13-25-67(55)80(73)49-34-28-46(29-35-49)79(47-30-36-50(37-31-47)81-68-26-14-8-20-56(68)62-41-71-59(44-74(62)81)53-17-5-11-23-65(53)77(71)2)48-32-38-51(39-33-48)82-69-27-15-9-21-57(69)63-42-72-60(45-75(63)82)54-18-6-12-24-66(54)78(72)3/h4-45H,1-3H3. The van der Waals surface area contributed by atoms with Gasteiger partial charge in [0.05, 0.1) is 33.1 Å². The number of hydrogen-bond acceptors (Lipinski definition) is 1. The quantitative estimate of drug-likeness (QED) is 0.163. The SMILES string of the molecule is Cn1c2ccccc2c2cc3c(cc21)c1ccccc1n3-c1ccc(N(c2ccc(-n3c4ccccc4c4cc5c(cc43)c3ccccc3n5C)cc2)c2ccc(-n3c4ccccc4c4cc5c(cc43)c3ccccc3n5C)cc2)cc1. The van der Waals surface area contributed by atoms with Gasteiger partial charge in [0.2, 0.25) is 0 Å². The lowest BCUT2D eigenvalue weighted by molar-refractivity contribution is 1.02. The van der Waals surface area contributed by atoms with Gasteiger partial charge in [-0.05, 0) is 146 Å². The van der Waals surface area contributed by atoms with Crippen LogP contribution in [-0.4, -0.2) is 27.4 Å². The molecule has 6 aromatic heterocycles. The number of nitrogens with zero attached hydrogens (tertiary/aromatic N) is 7. The van der Waals surface area contributed by atoms with Gasteiger partial charge in [0.15, 0.2) is 0 Å². The normalized spacial score (nSPS) is 12.3. The first-order chi connectivity index (χ1) is 40.4.